The van der Waals surface area contributed by atoms with Crippen molar-refractivity contribution in [2.75, 3.05) is 19.6 Å². The van der Waals surface area contributed by atoms with Crippen LogP contribution in [0.15, 0.2) is 72.8 Å². The van der Waals surface area contributed by atoms with Crippen LogP contribution in [0.2, 0.25) is 0 Å². The number of aliphatic hydroxyl groups excluding tert-OH is 2. The number of thiophene rings is 1. The quantitative estimate of drug-likeness (QED) is 0.479. The van der Waals surface area contributed by atoms with Gasteiger partial charge in [0.05, 0.1) is 17.1 Å². The Labute approximate surface area is 175 Å². The molecule has 0 bridgehead atoms. The molecular formula is C23H26N2O3S. The first-order chi connectivity index (χ1) is 14.0. The zero-order chi connectivity index (χ0) is 20.6. The number of amides is 1. The molecule has 2 aromatic carbocycles. The Morgan fingerprint density at radius 3 is 1.83 bits per heavy atom. The molecule has 6 heteroatoms. The molecule has 2 atom stereocenters. The molecule has 0 saturated carbocycles. The molecule has 0 aliphatic heterocycles. The van der Waals surface area contributed by atoms with Gasteiger partial charge in [-0.15, -0.1) is 11.3 Å². The van der Waals surface area contributed by atoms with Crippen LogP contribution < -0.4 is 5.73 Å². The van der Waals surface area contributed by atoms with E-state index >= 15 is 0 Å². The summed E-state index contributed by atoms with van der Waals surface area (Å²) in [5, 5.41) is 21.3. The number of carbonyl (C=O) groups is 1. The van der Waals surface area contributed by atoms with Gasteiger partial charge in [-0.05, 0) is 29.7 Å². The zero-order valence-electron chi connectivity index (χ0n) is 16.1. The summed E-state index contributed by atoms with van der Waals surface area (Å²) < 4.78 is 0. The van der Waals surface area contributed by atoms with Crippen molar-refractivity contribution in [1.29, 1.82) is 0 Å². The molecule has 0 spiro atoms. The Hall–Kier alpha value is -2.51. The minimum absolute atomic E-state index is 0.405. The molecule has 1 heterocycles. The normalized spacial score (nSPS) is 13.3. The molecule has 0 unspecified atom stereocenters. The fourth-order valence-corrected chi connectivity index (χ4v) is 4.07. The predicted octanol–water partition coefficient (Wildman–Crippen LogP) is 3.16. The second-order valence-electron chi connectivity index (χ2n) is 6.99. The number of nitrogens with zero attached hydrogens (tertiary/aromatic N) is 1. The van der Waals surface area contributed by atoms with E-state index in [0.717, 1.165) is 16.0 Å². The standard InChI is InChI=1S/C23H26N2O3S/c24-23(28)22-12-11-19(29-22)13-14-25(15-20(26)17-7-3-1-4-8-17)16-21(27)18-9-5-2-6-10-18/h1-12,20-21,26-27H,13-16H2,(H2,24,28)/t20-,21-/m0/s1. The van der Waals surface area contributed by atoms with Crippen molar-refractivity contribution in [3.63, 3.8) is 0 Å². The smallest absolute Gasteiger partial charge is 0.258 e. The first-order valence-corrected chi connectivity index (χ1v) is 10.4. The van der Waals surface area contributed by atoms with Crippen LogP contribution in [0.1, 0.15) is 37.9 Å². The van der Waals surface area contributed by atoms with E-state index in [9.17, 15) is 15.0 Å². The number of rotatable bonds is 10. The molecule has 29 heavy (non-hydrogen) atoms. The molecule has 5 nitrogen and oxygen atoms in total. The van der Waals surface area contributed by atoms with Crippen molar-refractivity contribution in [1.82, 2.24) is 4.90 Å². The highest BCUT2D eigenvalue weighted by atomic mass is 32.1. The number of carbonyl (C=O) groups excluding carboxylic acids is 1. The van der Waals surface area contributed by atoms with Gasteiger partial charge in [0.2, 0.25) is 0 Å². The molecule has 0 aliphatic carbocycles. The third kappa shape index (κ3) is 6.24. The summed E-state index contributed by atoms with van der Waals surface area (Å²) in [6, 6.07) is 22.7. The zero-order valence-corrected chi connectivity index (χ0v) is 17.0. The third-order valence-corrected chi connectivity index (χ3v) is 5.97. The fourth-order valence-electron chi connectivity index (χ4n) is 3.22. The van der Waals surface area contributed by atoms with Gasteiger partial charge in [0.1, 0.15) is 0 Å². The van der Waals surface area contributed by atoms with Crippen molar-refractivity contribution in [3.8, 4) is 0 Å². The number of benzene rings is 2. The van der Waals surface area contributed by atoms with E-state index in [2.05, 4.69) is 4.90 Å². The summed E-state index contributed by atoms with van der Waals surface area (Å²) in [7, 11) is 0. The maximum absolute atomic E-state index is 11.3. The van der Waals surface area contributed by atoms with E-state index in [4.69, 9.17) is 5.73 Å². The van der Waals surface area contributed by atoms with Crippen molar-refractivity contribution >= 4 is 17.2 Å². The summed E-state index contributed by atoms with van der Waals surface area (Å²) in [4.78, 5) is 15.0. The maximum Gasteiger partial charge on any atom is 0.258 e. The van der Waals surface area contributed by atoms with Crippen LogP contribution in [0.25, 0.3) is 0 Å². The molecule has 1 amide bonds. The van der Waals surface area contributed by atoms with Crippen molar-refractivity contribution in [3.05, 3.63) is 93.7 Å². The lowest BCUT2D eigenvalue weighted by molar-refractivity contribution is 0.0695. The Kier molecular flexibility index (Phi) is 7.55. The minimum atomic E-state index is -0.649. The fraction of sp³-hybridized carbons (Fsp3) is 0.261. The van der Waals surface area contributed by atoms with Crippen LogP contribution in [0, 0.1) is 0 Å². The van der Waals surface area contributed by atoms with Crippen LogP contribution >= 0.6 is 11.3 Å². The largest absolute Gasteiger partial charge is 0.387 e. The Bertz CT molecular complexity index is 851. The summed E-state index contributed by atoms with van der Waals surface area (Å²) in [6.07, 6.45) is -0.589. The molecule has 3 rings (SSSR count). The van der Waals surface area contributed by atoms with Gasteiger partial charge in [0.15, 0.2) is 0 Å². The highest BCUT2D eigenvalue weighted by Crippen LogP contribution is 2.21. The van der Waals surface area contributed by atoms with Gasteiger partial charge < -0.3 is 15.9 Å². The maximum atomic E-state index is 11.3. The number of hydrogen-bond acceptors (Lipinski definition) is 5. The first kappa shape index (κ1) is 21.2. The molecule has 0 saturated heterocycles. The van der Waals surface area contributed by atoms with E-state index in [0.29, 0.717) is 30.9 Å². The molecule has 0 fully saturated rings. The van der Waals surface area contributed by atoms with Crippen LogP contribution in [-0.4, -0.2) is 40.7 Å². The lowest BCUT2D eigenvalue weighted by Crippen LogP contribution is -2.34. The van der Waals surface area contributed by atoms with E-state index in [1.54, 1.807) is 6.07 Å². The lowest BCUT2D eigenvalue weighted by Gasteiger charge is -2.27. The molecular weight excluding hydrogens is 384 g/mol. The van der Waals surface area contributed by atoms with Gasteiger partial charge in [-0.3, -0.25) is 9.69 Å². The second-order valence-corrected chi connectivity index (χ2v) is 8.16. The Balaban J connectivity index is 1.68. The number of nitrogens with two attached hydrogens (primary N) is 1. The summed E-state index contributed by atoms with van der Waals surface area (Å²) in [5.41, 5.74) is 7.03. The number of primary amides is 1. The average molecular weight is 411 g/mol. The highest BCUT2D eigenvalue weighted by molar-refractivity contribution is 7.14. The van der Waals surface area contributed by atoms with Crippen molar-refractivity contribution < 1.29 is 15.0 Å². The second kappa shape index (κ2) is 10.3. The lowest BCUT2D eigenvalue weighted by atomic mass is 10.1. The number of hydrogen-bond donors (Lipinski definition) is 3. The van der Waals surface area contributed by atoms with Crippen LogP contribution in [0.3, 0.4) is 0 Å². The van der Waals surface area contributed by atoms with Gasteiger partial charge in [-0.25, -0.2) is 0 Å². The van der Waals surface area contributed by atoms with E-state index in [-0.39, 0.29) is 0 Å². The first-order valence-electron chi connectivity index (χ1n) is 9.60. The third-order valence-electron chi connectivity index (χ3n) is 4.81. The van der Waals surface area contributed by atoms with Crippen LogP contribution in [0.4, 0.5) is 0 Å². The molecule has 0 radical (unpaired) electrons. The van der Waals surface area contributed by atoms with Gasteiger partial charge >= 0.3 is 0 Å². The van der Waals surface area contributed by atoms with Crippen LogP contribution in [0.5, 0.6) is 0 Å². The van der Waals surface area contributed by atoms with Gasteiger partial charge in [0, 0.05) is 24.5 Å². The van der Waals surface area contributed by atoms with Crippen molar-refractivity contribution in [2.45, 2.75) is 18.6 Å². The highest BCUT2D eigenvalue weighted by Gasteiger charge is 2.18. The average Bonchev–Trinajstić information content (AvgIpc) is 3.22. The van der Waals surface area contributed by atoms with Gasteiger partial charge in [-0.2, -0.15) is 0 Å². The van der Waals surface area contributed by atoms with Gasteiger partial charge in [0.25, 0.3) is 5.91 Å². The van der Waals surface area contributed by atoms with Gasteiger partial charge in [-0.1, -0.05) is 60.7 Å². The summed E-state index contributed by atoms with van der Waals surface area (Å²) in [6.45, 7) is 1.45. The molecule has 0 aliphatic rings. The predicted molar refractivity (Wildman–Crippen MR) is 116 cm³/mol. The monoisotopic (exact) mass is 410 g/mol. The molecule has 3 aromatic rings. The SMILES string of the molecule is NC(=O)c1ccc(CCN(C[C@H](O)c2ccccc2)C[C@H](O)c2ccccc2)s1. The van der Waals surface area contributed by atoms with Crippen LogP contribution in [-0.2, 0) is 6.42 Å². The van der Waals surface area contributed by atoms with E-state index < -0.39 is 18.1 Å². The molecule has 4 N–H and O–H groups in total. The molecule has 1 aromatic heterocycles. The number of aliphatic hydroxyl groups is 2. The summed E-state index contributed by atoms with van der Waals surface area (Å²) in [5.74, 6) is -0.419. The van der Waals surface area contributed by atoms with Crippen molar-refractivity contribution in [2.24, 2.45) is 5.73 Å². The van der Waals surface area contributed by atoms with E-state index in [1.807, 2.05) is 66.7 Å². The van der Waals surface area contributed by atoms with E-state index in [1.165, 1.54) is 11.3 Å². The Morgan fingerprint density at radius 2 is 1.38 bits per heavy atom. The Morgan fingerprint density at radius 1 is 0.862 bits per heavy atom. The minimum Gasteiger partial charge on any atom is -0.387 e. The summed E-state index contributed by atoms with van der Waals surface area (Å²) >= 11 is 1.39. The topological polar surface area (TPSA) is 86.8 Å². The molecule has 152 valence electrons.